The summed E-state index contributed by atoms with van der Waals surface area (Å²) >= 11 is 0. The minimum absolute atomic E-state index is 0.153. The van der Waals surface area contributed by atoms with E-state index in [1.165, 1.54) is 23.9 Å². The summed E-state index contributed by atoms with van der Waals surface area (Å²) in [5, 5.41) is 0. The highest BCUT2D eigenvalue weighted by atomic mass is 19.4. The molecule has 7 heteroatoms. The van der Waals surface area contributed by atoms with Crippen molar-refractivity contribution in [1.82, 2.24) is 9.88 Å². The van der Waals surface area contributed by atoms with Crippen LogP contribution in [0, 0.1) is 0 Å². The lowest BCUT2D eigenvalue weighted by Crippen LogP contribution is -2.39. The second kappa shape index (κ2) is 7.76. The summed E-state index contributed by atoms with van der Waals surface area (Å²) in [6.07, 6.45) is -1.22. The Kier molecular flexibility index (Phi) is 5.44. The number of rotatable bonds is 4. The molecule has 1 aliphatic rings. The number of hydrogen-bond acceptors (Lipinski definition) is 3. The van der Waals surface area contributed by atoms with Gasteiger partial charge in [-0.3, -0.25) is 4.79 Å². The van der Waals surface area contributed by atoms with E-state index < -0.39 is 12.8 Å². The normalized spacial score (nSPS) is 17.8. The molecule has 138 valence electrons. The average Bonchev–Trinajstić information content (AvgIpc) is 2.66. The summed E-state index contributed by atoms with van der Waals surface area (Å²) in [6, 6.07) is 12.8. The zero-order valence-corrected chi connectivity index (χ0v) is 14.1. The molecule has 26 heavy (non-hydrogen) atoms. The first-order valence-electron chi connectivity index (χ1n) is 8.42. The monoisotopic (exact) mass is 364 g/mol. The zero-order chi connectivity index (χ0) is 18.6. The molecule has 2 aromatic rings. The van der Waals surface area contributed by atoms with E-state index in [0.29, 0.717) is 18.7 Å². The van der Waals surface area contributed by atoms with Gasteiger partial charge >= 0.3 is 6.18 Å². The molecule has 1 unspecified atom stereocenters. The summed E-state index contributed by atoms with van der Waals surface area (Å²) < 4.78 is 41.0. The van der Waals surface area contributed by atoms with Gasteiger partial charge in [-0.05, 0) is 24.5 Å². The Labute approximate surface area is 149 Å². The van der Waals surface area contributed by atoms with E-state index in [1.54, 1.807) is 4.90 Å². The van der Waals surface area contributed by atoms with E-state index in [9.17, 15) is 18.0 Å². The van der Waals surface area contributed by atoms with E-state index >= 15 is 0 Å². The maximum Gasteiger partial charge on any atom is 0.422 e. The summed E-state index contributed by atoms with van der Waals surface area (Å²) in [5.74, 6) is -0.0311. The van der Waals surface area contributed by atoms with Crippen LogP contribution in [0.2, 0.25) is 0 Å². The molecule has 3 rings (SSSR count). The van der Waals surface area contributed by atoms with Crippen LogP contribution in [0.15, 0.2) is 48.7 Å². The zero-order valence-electron chi connectivity index (χ0n) is 14.1. The first-order valence-corrected chi connectivity index (χ1v) is 8.42. The molecule has 2 heterocycles. The number of carbonyl (C=O) groups is 1. The number of hydrogen-bond donors (Lipinski definition) is 0. The number of piperidine rings is 1. The fraction of sp³-hybridized carbons (Fsp3) is 0.368. The van der Waals surface area contributed by atoms with Crippen molar-refractivity contribution < 1.29 is 22.7 Å². The van der Waals surface area contributed by atoms with Crippen molar-refractivity contribution in [3.05, 3.63) is 59.8 Å². The maximum absolute atomic E-state index is 12.7. The van der Waals surface area contributed by atoms with E-state index in [0.717, 1.165) is 12.8 Å². The molecular weight excluding hydrogens is 345 g/mol. The molecule has 0 N–H and O–H groups in total. The number of likely N-dealkylation sites (tertiary alicyclic amines) is 1. The number of pyridine rings is 1. The number of carbonyl (C=O) groups excluding carboxylic acids is 1. The summed E-state index contributed by atoms with van der Waals surface area (Å²) in [6.45, 7) is -0.123. The molecule has 0 aliphatic carbocycles. The van der Waals surface area contributed by atoms with Gasteiger partial charge in [-0.1, -0.05) is 30.3 Å². The van der Waals surface area contributed by atoms with Gasteiger partial charge in [0.1, 0.15) is 0 Å². The summed E-state index contributed by atoms with van der Waals surface area (Å²) in [5.41, 5.74) is 1.55. The van der Waals surface area contributed by atoms with Crippen LogP contribution in [0.25, 0.3) is 0 Å². The number of ether oxygens (including phenoxy) is 1. The molecule has 0 bridgehead atoms. The SMILES string of the molecule is O=C(c1ccc(OCC(F)(F)F)nc1)N1CCCC(c2ccccc2)C1. The van der Waals surface area contributed by atoms with Gasteiger partial charge in [0.2, 0.25) is 5.88 Å². The molecule has 4 nitrogen and oxygen atoms in total. The number of benzene rings is 1. The van der Waals surface area contributed by atoms with Crippen molar-refractivity contribution in [2.24, 2.45) is 0 Å². The van der Waals surface area contributed by atoms with Crippen LogP contribution in [-0.4, -0.2) is 41.7 Å². The molecule has 1 aliphatic heterocycles. The van der Waals surface area contributed by atoms with Crippen LogP contribution < -0.4 is 4.74 Å². The molecule has 1 aromatic heterocycles. The Hall–Kier alpha value is -2.57. The predicted octanol–water partition coefficient (Wildman–Crippen LogP) is 4.04. The van der Waals surface area contributed by atoms with Crippen LogP contribution >= 0.6 is 0 Å². The van der Waals surface area contributed by atoms with Crippen LogP contribution in [0.5, 0.6) is 5.88 Å². The first kappa shape index (κ1) is 18.2. The topological polar surface area (TPSA) is 42.4 Å². The van der Waals surface area contributed by atoms with Crippen LogP contribution in [0.1, 0.15) is 34.7 Å². The van der Waals surface area contributed by atoms with Crippen molar-refractivity contribution in [2.75, 3.05) is 19.7 Å². The molecule has 1 fully saturated rings. The average molecular weight is 364 g/mol. The van der Waals surface area contributed by atoms with Crippen molar-refractivity contribution >= 4 is 5.91 Å². The molecular formula is C19H19F3N2O2. The Morgan fingerprint density at radius 2 is 1.96 bits per heavy atom. The standard InChI is InChI=1S/C19H19F3N2O2/c20-19(21,22)13-26-17-9-8-15(11-23-17)18(25)24-10-4-7-16(12-24)14-5-2-1-3-6-14/h1-3,5-6,8-9,11,16H,4,7,10,12-13H2. The minimum atomic E-state index is -4.42. The third kappa shape index (κ3) is 4.74. The van der Waals surface area contributed by atoms with Gasteiger partial charge in [-0.25, -0.2) is 4.98 Å². The molecule has 1 atom stereocenters. The number of nitrogens with zero attached hydrogens (tertiary/aromatic N) is 2. The van der Waals surface area contributed by atoms with Gasteiger partial charge < -0.3 is 9.64 Å². The Morgan fingerprint density at radius 1 is 1.19 bits per heavy atom. The molecule has 1 aromatic carbocycles. The molecule has 1 saturated heterocycles. The third-order valence-corrected chi connectivity index (χ3v) is 4.35. The highest BCUT2D eigenvalue weighted by Gasteiger charge is 2.29. The van der Waals surface area contributed by atoms with Crippen molar-refractivity contribution in [2.45, 2.75) is 24.9 Å². The van der Waals surface area contributed by atoms with Gasteiger partial charge in [0.15, 0.2) is 6.61 Å². The molecule has 0 saturated carbocycles. The lowest BCUT2D eigenvalue weighted by Gasteiger charge is -2.33. The third-order valence-electron chi connectivity index (χ3n) is 4.35. The molecule has 0 spiro atoms. The predicted molar refractivity (Wildman–Crippen MR) is 90.1 cm³/mol. The summed E-state index contributed by atoms with van der Waals surface area (Å²) in [4.78, 5) is 18.2. The van der Waals surface area contributed by atoms with Gasteiger partial charge in [0, 0.05) is 31.3 Å². The Balaban J connectivity index is 1.63. The maximum atomic E-state index is 12.7. The number of amides is 1. The number of aromatic nitrogens is 1. The quantitative estimate of drug-likeness (QED) is 0.822. The van der Waals surface area contributed by atoms with Crippen LogP contribution in [0.4, 0.5) is 13.2 Å². The Bertz CT molecular complexity index is 733. The second-order valence-electron chi connectivity index (χ2n) is 6.29. The van der Waals surface area contributed by atoms with Gasteiger partial charge in [0.25, 0.3) is 5.91 Å². The molecule has 0 radical (unpaired) electrons. The minimum Gasteiger partial charge on any atom is -0.468 e. The largest absolute Gasteiger partial charge is 0.468 e. The van der Waals surface area contributed by atoms with E-state index in [1.807, 2.05) is 18.2 Å². The van der Waals surface area contributed by atoms with Crippen molar-refractivity contribution in [1.29, 1.82) is 0 Å². The smallest absolute Gasteiger partial charge is 0.422 e. The highest BCUT2D eigenvalue weighted by Crippen LogP contribution is 2.27. The van der Waals surface area contributed by atoms with Crippen molar-refractivity contribution in [3.8, 4) is 5.88 Å². The van der Waals surface area contributed by atoms with Gasteiger partial charge in [0.05, 0.1) is 5.56 Å². The highest BCUT2D eigenvalue weighted by molar-refractivity contribution is 5.94. The lowest BCUT2D eigenvalue weighted by molar-refractivity contribution is -0.154. The van der Waals surface area contributed by atoms with Crippen LogP contribution in [0.3, 0.4) is 0 Å². The van der Waals surface area contributed by atoms with Gasteiger partial charge in [-0.2, -0.15) is 13.2 Å². The first-order chi connectivity index (χ1) is 12.4. The molecule has 1 amide bonds. The van der Waals surface area contributed by atoms with Gasteiger partial charge in [-0.15, -0.1) is 0 Å². The second-order valence-corrected chi connectivity index (χ2v) is 6.29. The lowest BCUT2D eigenvalue weighted by atomic mass is 9.90. The fourth-order valence-corrected chi connectivity index (χ4v) is 3.09. The number of alkyl halides is 3. The van der Waals surface area contributed by atoms with Crippen LogP contribution in [-0.2, 0) is 0 Å². The number of halogens is 3. The van der Waals surface area contributed by atoms with E-state index in [4.69, 9.17) is 0 Å². The summed E-state index contributed by atoms with van der Waals surface area (Å²) in [7, 11) is 0. The van der Waals surface area contributed by atoms with E-state index in [-0.39, 0.29) is 17.7 Å². The Morgan fingerprint density at radius 3 is 2.62 bits per heavy atom. The van der Waals surface area contributed by atoms with E-state index in [2.05, 4.69) is 21.9 Å². The van der Waals surface area contributed by atoms with Crippen molar-refractivity contribution in [3.63, 3.8) is 0 Å². The fourth-order valence-electron chi connectivity index (χ4n) is 3.09.